The molecule has 0 aromatic carbocycles. The summed E-state index contributed by atoms with van der Waals surface area (Å²) in [5.74, 6) is 0. The van der Waals surface area contributed by atoms with Gasteiger partial charge in [-0.1, -0.05) is 12.2 Å². The average Bonchev–Trinajstić information content (AvgIpc) is 1.90. The van der Waals surface area contributed by atoms with E-state index in [1.165, 1.54) is 0 Å². The minimum atomic E-state index is 0.0106. The summed E-state index contributed by atoms with van der Waals surface area (Å²) < 4.78 is 12.4. The van der Waals surface area contributed by atoms with E-state index in [-0.39, 0.29) is 12.5 Å². The first-order valence-corrected chi connectivity index (χ1v) is 2.96. The lowest BCUT2D eigenvalue weighted by molar-refractivity contribution is 0.128. The van der Waals surface area contributed by atoms with E-state index in [4.69, 9.17) is 6.11 Å². The van der Waals surface area contributed by atoms with Crippen molar-refractivity contribution in [2.45, 2.75) is 25.3 Å². The molecule has 0 spiro atoms. The Kier molecular flexibility index (Phi) is 1.64. The van der Waals surface area contributed by atoms with Crippen molar-refractivity contribution in [3.05, 3.63) is 12.2 Å². The number of hydrogen-bond acceptors (Lipinski definition) is 1. The van der Waals surface area contributed by atoms with Crippen molar-refractivity contribution >= 4 is 0 Å². The molecule has 8 heavy (non-hydrogen) atoms. The van der Waals surface area contributed by atoms with E-state index in [2.05, 4.69) is 0 Å². The maximum absolute atomic E-state index is 7.29. The first-order valence-electron chi connectivity index (χ1n) is 3.54. The van der Waals surface area contributed by atoms with E-state index >= 15 is 0 Å². The zero-order valence-electron chi connectivity index (χ0n) is 6.13. The van der Waals surface area contributed by atoms with Crippen LogP contribution < -0.4 is 0 Å². The van der Waals surface area contributed by atoms with Crippen molar-refractivity contribution in [3.8, 4) is 0 Å². The number of hydrogen-bond donors (Lipinski definition) is 0. The van der Waals surface area contributed by atoms with Gasteiger partial charge in [0.1, 0.15) is 0 Å². The normalized spacial score (nSPS) is 39.4. The fraction of sp³-hybridized carbons (Fsp3) is 0.714. The molecule has 0 fully saturated rings. The van der Waals surface area contributed by atoms with Crippen LogP contribution in [0.15, 0.2) is 12.2 Å². The third-order valence-corrected chi connectivity index (χ3v) is 1.38. The molecule has 1 heteroatoms. The lowest BCUT2D eigenvalue weighted by atomic mass is 10.1. The third-order valence-electron chi connectivity index (χ3n) is 1.38. The highest BCUT2D eigenvalue weighted by Gasteiger charge is 2.04. The maximum Gasteiger partial charge on any atom is 0.0752 e. The predicted octanol–water partition coefficient (Wildman–Crippen LogP) is 1.74. The molecule has 0 saturated carbocycles. The summed E-state index contributed by atoms with van der Waals surface area (Å²) in [4.78, 5) is 0. The molecule has 0 bridgehead atoms. The summed E-state index contributed by atoms with van der Waals surface area (Å²) >= 11 is 0. The van der Waals surface area contributed by atoms with Crippen molar-refractivity contribution < 1.29 is 6.11 Å². The summed E-state index contributed by atoms with van der Waals surface area (Å²) in [5, 5.41) is 0. The second-order valence-corrected chi connectivity index (χ2v) is 1.97. The summed E-state index contributed by atoms with van der Waals surface area (Å²) in [6, 6.07) is 0. The van der Waals surface area contributed by atoms with Gasteiger partial charge in [-0.05, 0) is 19.2 Å². The highest BCUT2D eigenvalue weighted by Crippen LogP contribution is 2.11. The second-order valence-electron chi connectivity index (χ2n) is 1.97. The van der Waals surface area contributed by atoms with Crippen molar-refractivity contribution in [2.24, 2.45) is 0 Å². The first-order chi connectivity index (χ1) is 4.33. The van der Waals surface area contributed by atoms with Gasteiger partial charge in [-0.25, -0.2) is 0 Å². The van der Waals surface area contributed by atoms with Gasteiger partial charge in [0.2, 0.25) is 0 Å². The Balaban J connectivity index is 2.38. The molecule has 0 radical (unpaired) electrons. The van der Waals surface area contributed by atoms with Crippen LogP contribution in [0.4, 0.5) is 0 Å². The van der Waals surface area contributed by atoms with E-state index in [9.17, 15) is 0 Å². The van der Waals surface area contributed by atoms with Gasteiger partial charge in [0.25, 0.3) is 0 Å². The van der Waals surface area contributed by atoms with Crippen molar-refractivity contribution in [1.29, 1.82) is 0 Å². The van der Waals surface area contributed by atoms with E-state index in [0.717, 1.165) is 12.8 Å². The Morgan fingerprint density at radius 1 is 1.88 bits per heavy atom. The first kappa shape index (κ1) is 4.57. The molecular formula is C7H12O. The van der Waals surface area contributed by atoms with E-state index in [1.54, 1.807) is 7.11 Å². The van der Waals surface area contributed by atoms with Gasteiger partial charge in [-0.15, -0.1) is 0 Å². The Bertz CT molecular complexity index is 111. The number of rotatable bonds is 1. The number of allylic oxidation sites excluding steroid dienone is 1. The second kappa shape index (κ2) is 2.88. The topological polar surface area (TPSA) is 9.23 Å². The maximum atomic E-state index is 7.29. The molecule has 0 unspecified atom stereocenters. The average molecular weight is 113 g/mol. The SMILES string of the molecule is [2H][C@@H]1C=C[C@@H](OC)CC1. The Morgan fingerprint density at radius 3 is 3.25 bits per heavy atom. The summed E-state index contributed by atoms with van der Waals surface area (Å²) in [7, 11) is 1.71. The molecule has 0 aromatic rings. The van der Waals surface area contributed by atoms with Gasteiger partial charge in [-0.3, -0.25) is 0 Å². The minimum absolute atomic E-state index is 0.0106. The third kappa shape index (κ3) is 1.34. The van der Waals surface area contributed by atoms with Gasteiger partial charge in [0.05, 0.1) is 6.10 Å². The largest absolute Gasteiger partial charge is 0.377 e. The summed E-state index contributed by atoms with van der Waals surface area (Å²) in [5.41, 5.74) is 0. The van der Waals surface area contributed by atoms with Crippen LogP contribution >= 0.6 is 0 Å². The standard InChI is InChI=1S/C7H12O/c1-8-7-5-3-2-4-6-7/h3,5,7H,2,4,6H2,1H3/t7-/m1/s1/i2D/t2-,7-. The van der Waals surface area contributed by atoms with Crippen LogP contribution in [0.3, 0.4) is 0 Å². The molecule has 2 atom stereocenters. The fourth-order valence-electron chi connectivity index (χ4n) is 0.852. The van der Waals surface area contributed by atoms with Crippen LogP contribution in [0.5, 0.6) is 0 Å². The van der Waals surface area contributed by atoms with Gasteiger partial charge < -0.3 is 4.74 Å². The molecule has 1 nitrogen and oxygen atoms in total. The summed E-state index contributed by atoms with van der Waals surface area (Å²) in [6.07, 6.45) is 6.10. The number of ether oxygens (including phenoxy) is 1. The number of methoxy groups -OCH3 is 1. The van der Waals surface area contributed by atoms with E-state index in [0.29, 0.717) is 0 Å². The van der Waals surface area contributed by atoms with Gasteiger partial charge in [0.15, 0.2) is 0 Å². The van der Waals surface area contributed by atoms with E-state index in [1.807, 2.05) is 12.2 Å². The van der Waals surface area contributed by atoms with Crippen LogP contribution in [0.2, 0.25) is 0 Å². The molecule has 0 aliphatic heterocycles. The minimum Gasteiger partial charge on any atom is -0.377 e. The molecule has 1 aliphatic rings. The van der Waals surface area contributed by atoms with Crippen molar-refractivity contribution in [3.63, 3.8) is 0 Å². The molecule has 0 heterocycles. The smallest absolute Gasteiger partial charge is 0.0752 e. The lowest BCUT2D eigenvalue weighted by Crippen LogP contribution is -2.08. The highest BCUT2D eigenvalue weighted by molar-refractivity contribution is 4.93. The van der Waals surface area contributed by atoms with Gasteiger partial charge in [-0.2, -0.15) is 0 Å². The van der Waals surface area contributed by atoms with E-state index < -0.39 is 0 Å². The quantitative estimate of drug-likeness (QED) is 0.471. The van der Waals surface area contributed by atoms with Crippen LogP contribution in [-0.2, 0) is 4.74 Å². The predicted molar refractivity (Wildman–Crippen MR) is 33.8 cm³/mol. The van der Waals surface area contributed by atoms with Crippen LogP contribution in [0.25, 0.3) is 0 Å². The summed E-state index contributed by atoms with van der Waals surface area (Å²) in [6.45, 7) is 0. The molecule has 0 N–H and O–H groups in total. The molecule has 1 aliphatic carbocycles. The van der Waals surface area contributed by atoms with Gasteiger partial charge >= 0.3 is 0 Å². The van der Waals surface area contributed by atoms with Crippen LogP contribution in [0, 0.1) is 0 Å². The highest BCUT2D eigenvalue weighted by atomic mass is 16.5. The van der Waals surface area contributed by atoms with Crippen molar-refractivity contribution in [2.75, 3.05) is 7.11 Å². The molecule has 1 rings (SSSR count). The van der Waals surface area contributed by atoms with Crippen LogP contribution in [-0.4, -0.2) is 13.2 Å². The fourth-order valence-corrected chi connectivity index (χ4v) is 0.852. The van der Waals surface area contributed by atoms with Crippen LogP contribution in [0.1, 0.15) is 20.6 Å². The van der Waals surface area contributed by atoms with Crippen molar-refractivity contribution in [1.82, 2.24) is 0 Å². The Hall–Kier alpha value is -0.300. The Morgan fingerprint density at radius 2 is 2.75 bits per heavy atom. The molecule has 0 saturated heterocycles. The monoisotopic (exact) mass is 113 g/mol. The van der Waals surface area contributed by atoms with Gasteiger partial charge in [0, 0.05) is 8.48 Å². The molecular weight excluding hydrogens is 100 g/mol. The zero-order valence-corrected chi connectivity index (χ0v) is 5.13. The molecule has 0 aromatic heterocycles. The molecule has 0 amide bonds. The zero-order chi connectivity index (χ0) is 6.69. The molecule has 46 valence electrons. The Labute approximate surface area is 51.8 Å². The lowest BCUT2D eigenvalue weighted by Gasteiger charge is -2.13.